The molecule has 1 unspecified atom stereocenters. The quantitative estimate of drug-likeness (QED) is 0.799. The van der Waals surface area contributed by atoms with Crippen LogP contribution in [-0.4, -0.2) is 16.1 Å². The van der Waals surface area contributed by atoms with Crippen LogP contribution in [0.1, 0.15) is 24.3 Å². The largest absolute Gasteiger partial charge is 0.389 e. The summed E-state index contributed by atoms with van der Waals surface area (Å²) >= 11 is 0. The number of aromatic nitrogens is 1. The maximum absolute atomic E-state index is 11.7. The van der Waals surface area contributed by atoms with Crippen LogP contribution in [-0.2, 0) is 6.54 Å². The first-order chi connectivity index (χ1) is 9.65. The van der Waals surface area contributed by atoms with E-state index in [9.17, 15) is 9.90 Å². The van der Waals surface area contributed by atoms with Crippen molar-refractivity contribution in [1.82, 2.24) is 10.3 Å². The van der Waals surface area contributed by atoms with Crippen LogP contribution in [0.25, 0.3) is 0 Å². The summed E-state index contributed by atoms with van der Waals surface area (Å²) in [5.74, 6) is 0. The Morgan fingerprint density at radius 3 is 2.60 bits per heavy atom. The number of anilines is 1. The van der Waals surface area contributed by atoms with Gasteiger partial charge >= 0.3 is 6.03 Å². The number of hydrogen-bond acceptors (Lipinski definition) is 3. The highest BCUT2D eigenvalue weighted by Crippen LogP contribution is 2.15. The molecule has 0 aliphatic carbocycles. The Morgan fingerprint density at radius 2 is 2.00 bits per heavy atom. The van der Waals surface area contributed by atoms with Crippen LogP contribution in [0.2, 0.25) is 0 Å². The number of aliphatic hydroxyl groups is 1. The number of carbonyl (C=O) groups is 1. The van der Waals surface area contributed by atoms with Crippen molar-refractivity contribution in [2.45, 2.75) is 19.6 Å². The number of pyridine rings is 1. The van der Waals surface area contributed by atoms with Gasteiger partial charge in [-0.1, -0.05) is 18.2 Å². The van der Waals surface area contributed by atoms with E-state index in [0.717, 1.165) is 11.3 Å². The first-order valence-corrected chi connectivity index (χ1v) is 6.38. The van der Waals surface area contributed by atoms with E-state index in [4.69, 9.17) is 0 Å². The number of aliphatic hydroxyl groups excluding tert-OH is 1. The van der Waals surface area contributed by atoms with Gasteiger partial charge in [-0.25, -0.2) is 4.79 Å². The fraction of sp³-hybridized carbons (Fsp3) is 0.200. The standard InChI is InChI=1S/C15H17N3O2/c1-11(19)12-5-7-13(8-6-12)18-15(20)17-10-14-4-2-3-9-16-14/h2-9,11,19H,10H2,1H3,(H2,17,18,20). The number of hydrogen-bond donors (Lipinski definition) is 3. The highest BCUT2D eigenvalue weighted by molar-refractivity contribution is 5.89. The van der Waals surface area contributed by atoms with Crippen LogP contribution in [0.4, 0.5) is 10.5 Å². The smallest absolute Gasteiger partial charge is 0.319 e. The van der Waals surface area contributed by atoms with E-state index in [1.54, 1.807) is 37.4 Å². The number of benzene rings is 1. The summed E-state index contributed by atoms with van der Waals surface area (Å²) in [7, 11) is 0. The molecular formula is C15H17N3O2. The molecule has 1 heterocycles. The number of nitrogens with one attached hydrogen (secondary N) is 2. The SMILES string of the molecule is CC(O)c1ccc(NC(=O)NCc2ccccn2)cc1. The zero-order valence-electron chi connectivity index (χ0n) is 11.2. The molecule has 5 nitrogen and oxygen atoms in total. The Kier molecular flexibility index (Phi) is 4.68. The Morgan fingerprint density at radius 1 is 1.25 bits per heavy atom. The van der Waals surface area contributed by atoms with Crippen LogP contribution in [0.5, 0.6) is 0 Å². The first kappa shape index (κ1) is 14.0. The Labute approximate surface area is 117 Å². The second-order valence-electron chi connectivity index (χ2n) is 4.43. The fourth-order valence-electron chi connectivity index (χ4n) is 1.69. The molecule has 0 saturated carbocycles. The van der Waals surface area contributed by atoms with E-state index in [1.165, 1.54) is 0 Å². The van der Waals surface area contributed by atoms with Crippen molar-refractivity contribution in [1.29, 1.82) is 0 Å². The van der Waals surface area contributed by atoms with Crippen LogP contribution in [0.3, 0.4) is 0 Å². The maximum atomic E-state index is 11.7. The monoisotopic (exact) mass is 271 g/mol. The zero-order chi connectivity index (χ0) is 14.4. The summed E-state index contributed by atoms with van der Waals surface area (Å²) in [5.41, 5.74) is 2.28. The lowest BCUT2D eigenvalue weighted by atomic mass is 10.1. The summed E-state index contributed by atoms with van der Waals surface area (Å²) < 4.78 is 0. The normalized spacial score (nSPS) is 11.7. The highest BCUT2D eigenvalue weighted by Gasteiger charge is 2.04. The molecule has 0 bridgehead atoms. The van der Waals surface area contributed by atoms with Gasteiger partial charge in [0.1, 0.15) is 0 Å². The average Bonchev–Trinajstić information content (AvgIpc) is 2.47. The van der Waals surface area contributed by atoms with Crippen LogP contribution < -0.4 is 10.6 Å². The van der Waals surface area contributed by atoms with Crippen LogP contribution in [0.15, 0.2) is 48.7 Å². The minimum absolute atomic E-state index is 0.291. The van der Waals surface area contributed by atoms with E-state index in [1.807, 2.05) is 18.2 Å². The minimum Gasteiger partial charge on any atom is -0.389 e. The number of rotatable bonds is 4. The van der Waals surface area contributed by atoms with Crippen molar-refractivity contribution in [3.63, 3.8) is 0 Å². The Bertz CT molecular complexity index is 553. The lowest BCUT2D eigenvalue weighted by Crippen LogP contribution is -2.28. The number of nitrogens with zero attached hydrogens (tertiary/aromatic N) is 1. The van der Waals surface area contributed by atoms with Crippen molar-refractivity contribution in [2.75, 3.05) is 5.32 Å². The molecule has 104 valence electrons. The lowest BCUT2D eigenvalue weighted by molar-refractivity contribution is 0.199. The van der Waals surface area contributed by atoms with Gasteiger partial charge in [-0.15, -0.1) is 0 Å². The topological polar surface area (TPSA) is 74.2 Å². The van der Waals surface area contributed by atoms with Crippen LogP contribution in [0, 0.1) is 0 Å². The van der Waals surface area contributed by atoms with Gasteiger partial charge in [0.15, 0.2) is 0 Å². The number of amides is 2. The summed E-state index contributed by atoms with van der Waals surface area (Å²) in [5, 5.41) is 14.8. The summed E-state index contributed by atoms with van der Waals surface area (Å²) in [6.45, 7) is 2.07. The van der Waals surface area contributed by atoms with Gasteiger partial charge in [-0.05, 0) is 36.8 Å². The van der Waals surface area contributed by atoms with E-state index in [-0.39, 0.29) is 6.03 Å². The minimum atomic E-state index is -0.512. The second-order valence-corrected chi connectivity index (χ2v) is 4.43. The third-order valence-electron chi connectivity index (χ3n) is 2.81. The van der Waals surface area contributed by atoms with Crippen molar-refractivity contribution in [3.05, 3.63) is 59.9 Å². The molecule has 1 aromatic carbocycles. The third-order valence-corrected chi connectivity index (χ3v) is 2.81. The maximum Gasteiger partial charge on any atom is 0.319 e. The van der Waals surface area contributed by atoms with Crippen molar-refractivity contribution in [3.8, 4) is 0 Å². The van der Waals surface area contributed by atoms with Gasteiger partial charge in [0.2, 0.25) is 0 Å². The molecule has 5 heteroatoms. The molecule has 0 radical (unpaired) electrons. The van der Waals surface area contributed by atoms with Gasteiger partial charge in [0.05, 0.1) is 18.3 Å². The predicted molar refractivity (Wildman–Crippen MR) is 77.2 cm³/mol. The predicted octanol–water partition coefficient (Wildman–Crippen LogP) is 2.46. The average molecular weight is 271 g/mol. The molecule has 0 aliphatic heterocycles. The summed E-state index contributed by atoms with van der Waals surface area (Å²) in [4.78, 5) is 15.8. The molecule has 1 aromatic heterocycles. The van der Waals surface area contributed by atoms with E-state index < -0.39 is 6.10 Å². The van der Waals surface area contributed by atoms with Crippen molar-refractivity contribution < 1.29 is 9.90 Å². The van der Waals surface area contributed by atoms with Gasteiger partial charge in [0.25, 0.3) is 0 Å². The van der Waals surface area contributed by atoms with Crippen LogP contribution >= 0.6 is 0 Å². The zero-order valence-corrected chi connectivity index (χ0v) is 11.2. The molecule has 0 spiro atoms. The van der Waals surface area contributed by atoms with E-state index >= 15 is 0 Å². The van der Waals surface area contributed by atoms with Crippen molar-refractivity contribution >= 4 is 11.7 Å². The molecule has 2 aromatic rings. The Balaban J connectivity index is 1.85. The number of urea groups is 1. The van der Waals surface area contributed by atoms with E-state index in [2.05, 4.69) is 15.6 Å². The highest BCUT2D eigenvalue weighted by atomic mass is 16.3. The van der Waals surface area contributed by atoms with Gasteiger partial charge in [0, 0.05) is 11.9 Å². The molecule has 0 aliphatic rings. The Hall–Kier alpha value is -2.40. The van der Waals surface area contributed by atoms with Crippen molar-refractivity contribution in [2.24, 2.45) is 0 Å². The summed E-state index contributed by atoms with van der Waals surface area (Å²) in [6, 6.07) is 12.3. The number of carbonyl (C=O) groups excluding carboxylic acids is 1. The molecular weight excluding hydrogens is 254 g/mol. The molecule has 2 amide bonds. The molecule has 20 heavy (non-hydrogen) atoms. The molecule has 0 saturated heterocycles. The fourth-order valence-corrected chi connectivity index (χ4v) is 1.69. The van der Waals surface area contributed by atoms with E-state index in [0.29, 0.717) is 12.2 Å². The summed E-state index contributed by atoms with van der Waals surface area (Å²) in [6.07, 6.45) is 1.17. The second kappa shape index (κ2) is 6.68. The molecule has 0 fully saturated rings. The lowest BCUT2D eigenvalue weighted by Gasteiger charge is -2.09. The first-order valence-electron chi connectivity index (χ1n) is 6.38. The van der Waals surface area contributed by atoms with Gasteiger partial charge in [-0.2, -0.15) is 0 Å². The third kappa shape index (κ3) is 4.07. The van der Waals surface area contributed by atoms with Gasteiger partial charge in [-0.3, -0.25) is 4.98 Å². The molecule has 1 atom stereocenters. The molecule has 3 N–H and O–H groups in total. The van der Waals surface area contributed by atoms with Gasteiger partial charge < -0.3 is 15.7 Å². The molecule has 2 rings (SSSR count).